The Hall–Kier alpha value is -1.17. The molecule has 0 aromatic rings. The second-order valence-corrected chi connectivity index (χ2v) is 6.24. The average Bonchev–Trinajstić information content (AvgIpc) is 2.74. The first-order valence-corrected chi connectivity index (χ1v) is 8.36. The lowest BCUT2D eigenvalue weighted by molar-refractivity contribution is -0.0889. The van der Waals surface area contributed by atoms with Crippen LogP contribution in [0.5, 0.6) is 0 Å². The van der Waals surface area contributed by atoms with Crippen molar-refractivity contribution in [2.75, 3.05) is 0 Å². The van der Waals surface area contributed by atoms with Crippen molar-refractivity contribution in [3.05, 3.63) is 29.2 Å². The highest BCUT2D eigenvalue weighted by molar-refractivity contribution is 5.51. The zero-order chi connectivity index (χ0) is 16.0. The number of hydrogen-bond acceptors (Lipinski definition) is 0. The van der Waals surface area contributed by atoms with E-state index in [0.29, 0.717) is 6.42 Å². The highest BCUT2D eigenvalue weighted by Crippen LogP contribution is 2.36. The Labute approximate surface area is 131 Å². The first-order chi connectivity index (χ1) is 10.5. The highest BCUT2D eigenvalue weighted by Gasteiger charge is 2.36. The lowest BCUT2D eigenvalue weighted by Gasteiger charge is -2.19. The SMILES string of the molecule is CCCC1=CC(C(F)(F)F)=C(C#CC2CCCCCC2)[CH]C1. The van der Waals surface area contributed by atoms with Crippen LogP contribution in [0.3, 0.4) is 0 Å². The summed E-state index contributed by atoms with van der Waals surface area (Å²) >= 11 is 0. The predicted molar refractivity (Wildman–Crippen MR) is 84.0 cm³/mol. The Morgan fingerprint density at radius 1 is 1.14 bits per heavy atom. The molecule has 0 bridgehead atoms. The largest absolute Gasteiger partial charge is 0.417 e. The highest BCUT2D eigenvalue weighted by atomic mass is 19.4. The van der Waals surface area contributed by atoms with Gasteiger partial charge in [0.2, 0.25) is 0 Å². The molecule has 2 aliphatic rings. The van der Waals surface area contributed by atoms with Gasteiger partial charge >= 0.3 is 6.18 Å². The van der Waals surface area contributed by atoms with Crippen molar-refractivity contribution in [2.24, 2.45) is 5.92 Å². The fourth-order valence-corrected chi connectivity index (χ4v) is 3.14. The molecule has 0 amide bonds. The molecule has 0 spiro atoms. The Balaban J connectivity index is 2.21. The molecule has 0 aromatic carbocycles. The molecule has 2 rings (SSSR count). The van der Waals surface area contributed by atoms with Crippen LogP contribution in [-0.4, -0.2) is 6.18 Å². The molecule has 121 valence electrons. The lowest BCUT2D eigenvalue weighted by atomic mass is 9.89. The van der Waals surface area contributed by atoms with E-state index in [2.05, 4.69) is 11.8 Å². The predicted octanol–water partition coefficient (Wildman–Crippen LogP) is 6.15. The molecule has 0 unspecified atom stereocenters. The molecule has 0 aliphatic heterocycles. The van der Waals surface area contributed by atoms with Crippen molar-refractivity contribution in [3.8, 4) is 11.8 Å². The maximum atomic E-state index is 13.2. The molecule has 22 heavy (non-hydrogen) atoms. The summed E-state index contributed by atoms with van der Waals surface area (Å²) in [5.41, 5.74) is 0.481. The summed E-state index contributed by atoms with van der Waals surface area (Å²) in [7, 11) is 0. The summed E-state index contributed by atoms with van der Waals surface area (Å²) in [6.45, 7) is 1.99. The first kappa shape index (κ1) is 17.2. The van der Waals surface area contributed by atoms with E-state index < -0.39 is 11.7 Å². The van der Waals surface area contributed by atoms with Crippen LogP contribution >= 0.6 is 0 Å². The van der Waals surface area contributed by atoms with E-state index in [-0.39, 0.29) is 11.5 Å². The Morgan fingerprint density at radius 2 is 1.82 bits per heavy atom. The minimum absolute atomic E-state index is 0.177. The van der Waals surface area contributed by atoms with E-state index in [1.165, 1.54) is 18.9 Å². The summed E-state index contributed by atoms with van der Waals surface area (Å²) in [6.07, 6.45) is 7.66. The number of alkyl halides is 3. The minimum atomic E-state index is -4.32. The second-order valence-electron chi connectivity index (χ2n) is 6.24. The molecule has 0 nitrogen and oxygen atoms in total. The molecular weight excluding hydrogens is 285 g/mol. The summed E-state index contributed by atoms with van der Waals surface area (Å²) in [5.74, 6) is 6.22. The van der Waals surface area contributed by atoms with Crippen molar-refractivity contribution in [1.82, 2.24) is 0 Å². The number of rotatable bonds is 2. The third-order valence-corrected chi connectivity index (χ3v) is 4.35. The van der Waals surface area contributed by atoms with Gasteiger partial charge in [0, 0.05) is 17.9 Å². The maximum Gasteiger partial charge on any atom is 0.417 e. The van der Waals surface area contributed by atoms with Crippen LogP contribution in [0, 0.1) is 24.2 Å². The molecular formula is C19H24F3. The molecule has 0 N–H and O–H groups in total. The van der Waals surface area contributed by atoms with Crippen LogP contribution in [-0.2, 0) is 0 Å². The quantitative estimate of drug-likeness (QED) is 0.423. The van der Waals surface area contributed by atoms with Gasteiger partial charge in [0.15, 0.2) is 0 Å². The molecule has 0 aromatic heterocycles. The normalized spacial score (nSPS) is 21.0. The van der Waals surface area contributed by atoms with Gasteiger partial charge in [-0.05, 0) is 31.8 Å². The Morgan fingerprint density at radius 3 is 2.41 bits per heavy atom. The van der Waals surface area contributed by atoms with Crippen LogP contribution in [0.4, 0.5) is 13.2 Å². The van der Waals surface area contributed by atoms with Gasteiger partial charge in [0.1, 0.15) is 0 Å². The van der Waals surface area contributed by atoms with Gasteiger partial charge in [-0.1, -0.05) is 56.4 Å². The number of allylic oxidation sites excluding steroid dienone is 4. The fraction of sp³-hybridized carbons (Fsp3) is 0.632. The van der Waals surface area contributed by atoms with Crippen molar-refractivity contribution in [1.29, 1.82) is 0 Å². The van der Waals surface area contributed by atoms with Gasteiger partial charge in [-0.25, -0.2) is 0 Å². The number of halogens is 3. The van der Waals surface area contributed by atoms with Gasteiger partial charge in [-0.2, -0.15) is 13.2 Å². The Kier molecular flexibility index (Phi) is 6.17. The fourth-order valence-electron chi connectivity index (χ4n) is 3.14. The van der Waals surface area contributed by atoms with Crippen molar-refractivity contribution < 1.29 is 13.2 Å². The van der Waals surface area contributed by atoms with E-state index in [0.717, 1.165) is 44.1 Å². The smallest absolute Gasteiger partial charge is 0.166 e. The zero-order valence-electron chi connectivity index (χ0n) is 13.2. The van der Waals surface area contributed by atoms with Crippen molar-refractivity contribution in [3.63, 3.8) is 0 Å². The number of hydrogen-bond donors (Lipinski definition) is 0. The molecule has 0 atom stereocenters. The molecule has 1 radical (unpaired) electrons. The van der Waals surface area contributed by atoms with Gasteiger partial charge < -0.3 is 0 Å². The van der Waals surface area contributed by atoms with E-state index in [9.17, 15) is 13.2 Å². The minimum Gasteiger partial charge on any atom is -0.166 e. The van der Waals surface area contributed by atoms with Crippen LogP contribution in [0.2, 0.25) is 0 Å². The monoisotopic (exact) mass is 309 g/mol. The summed E-state index contributed by atoms with van der Waals surface area (Å²) in [4.78, 5) is 0. The molecule has 0 heterocycles. The van der Waals surface area contributed by atoms with Gasteiger partial charge in [0.05, 0.1) is 5.57 Å². The van der Waals surface area contributed by atoms with Crippen LogP contribution in [0.15, 0.2) is 22.8 Å². The standard InChI is InChI=1S/C19H24F3/c1-2-7-16-11-13-17(18(14-16)19(20,21)22)12-10-15-8-5-3-4-6-9-15/h13-15H,2-9,11H2,1H3. The van der Waals surface area contributed by atoms with Gasteiger partial charge in [-0.3, -0.25) is 0 Å². The lowest BCUT2D eigenvalue weighted by Crippen LogP contribution is -2.16. The molecule has 2 aliphatic carbocycles. The van der Waals surface area contributed by atoms with Crippen LogP contribution in [0.25, 0.3) is 0 Å². The average molecular weight is 309 g/mol. The van der Waals surface area contributed by atoms with E-state index in [1.807, 2.05) is 6.92 Å². The Bertz CT molecular complexity index is 489. The summed E-state index contributed by atoms with van der Waals surface area (Å²) < 4.78 is 39.7. The third kappa shape index (κ3) is 4.93. The van der Waals surface area contributed by atoms with E-state index in [1.54, 1.807) is 6.42 Å². The first-order valence-electron chi connectivity index (χ1n) is 8.36. The maximum absolute atomic E-state index is 13.2. The van der Waals surface area contributed by atoms with Crippen LogP contribution in [0.1, 0.15) is 64.7 Å². The van der Waals surface area contributed by atoms with Gasteiger partial charge in [0.25, 0.3) is 0 Å². The molecule has 0 saturated heterocycles. The topological polar surface area (TPSA) is 0 Å². The summed E-state index contributed by atoms with van der Waals surface area (Å²) in [5, 5.41) is 0. The molecule has 1 saturated carbocycles. The van der Waals surface area contributed by atoms with Gasteiger partial charge in [-0.15, -0.1) is 0 Å². The zero-order valence-corrected chi connectivity index (χ0v) is 13.2. The van der Waals surface area contributed by atoms with E-state index in [4.69, 9.17) is 0 Å². The summed E-state index contributed by atoms with van der Waals surface area (Å²) in [6, 6.07) is 0. The molecule has 1 fully saturated rings. The van der Waals surface area contributed by atoms with E-state index >= 15 is 0 Å². The van der Waals surface area contributed by atoms with Crippen LogP contribution < -0.4 is 0 Å². The van der Waals surface area contributed by atoms with Crippen molar-refractivity contribution in [2.45, 2.75) is 70.9 Å². The van der Waals surface area contributed by atoms with Crippen molar-refractivity contribution >= 4 is 0 Å². The second kappa shape index (κ2) is 7.90. The third-order valence-electron chi connectivity index (χ3n) is 4.35. The molecule has 3 heteroatoms.